The van der Waals surface area contributed by atoms with Crippen LogP contribution in [0.4, 0.5) is 30.2 Å². The zero-order valence-electron chi connectivity index (χ0n) is 21.4. The molecule has 2 fully saturated rings. The molecule has 1 aliphatic heterocycles. The molecule has 39 heavy (non-hydrogen) atoms. The summed E-state index contributed by atoms with van der Waals surface area (Å²) in [6, 6.07) is 17.3. The average molecular weight is 539 g/mol. The van der Waals surface area contributed by atoms with Crippen molar-refractivity contribution in [2.75, 3.05) is 48.4 Å². The number of carbonyl (C=O) groups is 2. The first-order valence-corrected chi connectivity index (χ1v) is 12.8. The first kappa shape index (κ1) is 26.4. The van der Waals surface area contributed by atoms with E-state index in [-0.39, 0.29) is 17.5 Å². The van der Waals surface area contributed by atoms with Gasteiger partial charge in [-0.25, -0.2) is 0 Å². The molecule has 3 aromatic rings. The Morgan fingerprint density at radius 2 is 1.54 bits per heavy atom. The lowest BCUT2D eigenvalue weighted by atomic mass is 10.1. The molecule has 2 amide bonds. The number of benzene rings is 3. The highest BCUT2D eigenvalue weighted by atomic mass is 19.4. The molecule has 2 aliphatic rings. The Morgan fingerprint density at radius 3 is 2.21 bits per heavy atom. The van der Waals surface area contributed by atoms with Crippen molar-refractivity contribution in [3.05, 3.63) is 83.4 Å². The van der Waals surface area contributed by atoms with E-state index in [1.165, 1.54) is 12.1 Å². The van der Waals surface area contributed by atoms with Gasteiger partial charge in [0.2, 0.25) is 0 Å². The lowest BCUT2D eigenvalue weighted by Crippen LogP contribution is -2.47. The smallest absolute Gasteiger partial charge is 0.416 e. The van der Waals surface area contributed by atoms with Crippen LogP contribution in [0, 0.1) is 0 Å². The molecular weight excluding hydrogens is 509 g/mol. The number of carbonyl (C=O) groups excluding carboxylic acids is 2. The van der Waals surface area contributed by atoms with Crippen LogP contribution >= 0.6 is 0 Å². The third-order valence-corrected chi connectivity index (χ3v) is 6.91. The Morgan fingerprint density at radius 1 is 0.846 bits per heavy atom. The molecule has 2 N–H and O–H groups in total. The number of anilines is 3. The van der Waals surface area contributed by atoms with Crippen LogP contribution in [0.1, 0.15) is 39.1 Å². The van der Waals surface area contributed by atoms with Crippen molar-refractivity contribution >= 4 is 28.9 Å². The van der Waals surface area contributed by atoms with Crippen LogP contribution in [-0.4, -0.2) is 51.1 Å². The molecule has 1 aliphatic carbocycles. The van der Waals surface area contributed by atoms with E-state index in [1.807, 2.05) is 24.3 Å². The van der Waals surface area contributed by atoms with Crippen molar-refractivity contribution in [2.24, 2.45) is 0 Å². The van der Waals surface area contributed by atoms with Gasteiger partial charge in [-0.05, 0) is 61.4 Å². The Kier molecular flexibility index (Phi) is 7.36. The topological polar surface area (TPSA) is 73.9 Å². The molecule has 10 heteroatoms. The standard InChI is InChI=1S/C29H29F3N4O3/c1-39-26-8-3-2-7-25(26)36-15-13-35(14-16-36)24-12-11-22(18-23(24)28(38)33-21-9-10-21)34-27(37)19-5-4-6-20(17-19)29(30,31)32/h2-8,11-12,17-18,21H,9-10,13-16H2,1H3,(H,33,38)(H,34,37). The second-order valence-electron chi connectivity index (χ2n) is 9.66. The highest BCUT2D eigenvalue weighted by molar-refractivity contribution is 6.06. The van der Waals surface area contributed by atoms with Crippen LogP contribution < -0.4 is 25.2 Å². The van der Waals surface area contributed by atoms with Gasteiger partial charge in [0, 0.05) is 49.2 Å². The fourth-order valence-electron chi connectivity index (χ4n) is 4.68. The molecule has 1 saturated heterocycles. The average Bonchev–Trinajstić information content (AvgIpc) is 3.76. The number of nitrogens with one attached hydrogen (secondary N) is 2. The number of methoxy groups -OCH3 is 1. The molecular formula is C29H29F3N4O3. The Hall–Kier alpha value is -4.21. The predicted octanol–water partition coefficient (Wildman–Crippen LogP) is 5.19. The number of halogens is 3. The molecule has 3 aromatic carbocycles. The minimum Gasteiger partial charge on any atom is -0.495 e. The monoisotopic (exact) mass is 538 g/mol. The van der Waals surface area contributed by atoms with Gasteiger partial charge in [-0.1, -0.05) is 18.2 Å². The maximum absolute atomic E-state index is 13.2. The van der Waals surface area contributed by atoms with E-state index < -0.39 is 17.6 Å². The molecule has 0 spiro atoms. The maximum Gasteiger partial charge on any atom is 0.416 e. The number of alkyl halides is 3. The van der Waals surface area contributed by atoms with Gasteiger partial charge in [0.05, 0.1) is 23.9 Å². The molecule has 204 valence electrons. The molecule has 0 radical (unpaired) electrons. The zero-order chi connectivity index (χ0) is 27.6. The van der Waals surface area contributed by atoms with Crippen LogP contribution in [0.25, 0.3) is 0 Å². The van der Waals surface area contributed by atoms with E-state index in [9.17, 15) is 22.8 Å². The molecule has 0 bridgehead atoms. The number of ether oxygens (including phenoxy) is 1. The van der Waals surface area contributed by atoms with Crippen LogP contribution in [-0.2, 0) is 6.18 Å². The Bertz CT molecular complexity index is 1370. The van der Waals surface area contributed by atoms with E-state index in [1.54, 1.807) is 25.3 Å². The molecule has 1 heterocycles. The second-order valence-corrected chi connectivity index (χ2v) is 9.66. The third-order valence-electron chi connectivity index (χ3n) is 6.91. The first-order valence-electron chi connectivity index (χ1n) is 12.8. The van der Waals surface area contributed by atoms with Crippen molar-refractivity contribution in [1.29, 1.82) is 0 Å². The summed E-state index contributed by atoms with van der Waals surface area (Å²) in [4.78, 5) is 30.3. The fourth-order valence-corrected chi connectivity index (χ4v) is 4.68. The summed E-state index contributed by atoms with van der Waals surface area (Å²) >= 11 is 0. The van der Waals surface area contributed by atoms with Crippen LogP contribution in [0.5, 0.6) is 5.75 Å². The molecule has 0 atom stereocenters. The van der Waals surface area contributed by atoms with Crippen LogP contribution in [0.15, 0.2) is 66.7 Å². The van der Waals surface area contributed by atoms with E-state index in [0.717, 1.165) is 55.2 Å². The van der Waals surface area contributed by atoms with Crippen molar-refractivity contribution in [3.63, 3.8) is 0 Å². The van der Waals surface area contributed by atoms with E-state index in [4.69, 9.17) is 4.74 Å². The van der Waals surface area contributed by atoms with Crippen molar-refractivity contribution < 1.29 is 27.5 Å². The van der Waals surface area contributed by atoms with Gasteiger partial charge < -0.3 is 25.2 Å². The van der Waals surface area contributed by atoms with E-state index in [2.05, 4.69) is 20.4 Å². The minimum atomic E-state index is -4.55. The summed E-state index contributed by atoms with van der Waals surface area (Å²) in [7, 11) is 1.65. The highest BCUT2D eigenvalue weighted by Crippen LogP contribution is 2.32. The number of hydrogen-bond acceptors (Lipinski definition) is 5. The van der Waals surface area contributed by atoms with Gasteiger partial charge in [0.25, 0.3) is 11.8 Å². The summed E-state index contributed by atoms with van der Waals surface area (Å²) in [6.45, 7) is 2.77. The van der Waals surface area contributed by atoms with Gasteiger partial charge in [0.1, 0.15) is 5.75 Å². The normalized spacial score (nSPS) is 15.6. The Balaban J connectivity index is 1.35. The number of hydrogen-bond donors (Lipinski definition) is 2. The van der Waals surface area contributed by atoms with E-state index >= 15 is 0 Å². The molecule has 0 aromatic heterocycles. The summed E-state index contributed by atoms with van der Waals surface area (Å²) in [5.41, 5.74) is 1.47. The second kappa shape index (κ2) is 10.9. The molecule has 0 unspecified atom stereocenters. The quantitative estimate of drug-likeness (QED) is 0.434. The van der Waals surface area contributed by atoms with Crippen molar-refractivity contribution in [1.82, 2.24) is 5.32 Å². The summed E-state index contributed by atoms with van der Waals surface area (Å²) in [5.74, 6) is -0.126. The van der Waals surface area contributed by atoms with Gasteiger partial charge in [-0.3, -0.25) is 9.59 Å². The molecule has 5 rings (SSSR count). The highest BCUT2D eigenvalue weighted by Gasteiger charge is 2.31. The SMILES string of the molecule is COc1ccccc1N1CCN(c2ccc(NC(=O)c3cccc(C(F)(F)F)c3)cc2C(=O)NC2CC2)CC1. The van der Waals surface area contributed by atoms with Crippen LogP contribution in [0.2, 0.25) is 0 Å². The number of rotatable bonds is 7. The van der Waals surface area contributed by atoms with E-state index in [0.29, 0.717) is 24.3 Å². The van der Waals surface area contributed by atoms with Crippen molar-refractivity contribution in [3.8, 4) is 5.75 Å². The zero-order valence-corrected chi connectivity index (χ0v) is 21.4. The number of amides is 2. The summed E-state index contributed by atoms with van der Waals surface area (Å²) in [6.07, 6.45) is -2.71. The Labute approximate surface area is 224 Å². The lowest BCUT2D eigenvalue weighted by Gasteiger charge is -2.38. The fraction of sp³-hybridized carbons (Fsp3) is 0.310. The first-order chi connectivity index (χ1) is 18.7. The minimum absolute atomic E-state index is 0.120. The number of para-hydroxylation sites is 2. The van der Waals surface area contributed by atoms with Crippen molar-refractivity contribution in [2.45, 2.75) is 25.1 Å². The lowest BCUT2D eigenvalue weighted by molar-refractivity contribution is -0.137. The summed E-state index contributed by atoms with van der Waals surface area (Å²) in [5, 5.41) is 5.65. The van der Waals surface area contributed by atoms with Gasteiger partial charge in [-0.2, -0.15) is 13.2 Å². The molecule has 7 nitrogen and oxygen atoms in total. The summed E-state index contributed by atoms with van der Waals surface area (Å²) < 4.78 is 44.8. The largest absolute Gasteiger partial charge is 0.495 e. The van der Waals surface area contributed by atoms with Gasteiger partial charge in [-0.15, -0.1) is 0 Å². The predicted molar refractivity (Wildman–Crippen MR) is 144 cm³/mol. The number of nitrogens with zero attached hydrogens (tertiary/aromatic N) is 2. The van der Waals surface area contributed by atoms with Gasteiger partial charge >= 0.3 is 6.18 Å². The third kappa shape index (κ3) is 6.10. The molecule has 1 saturated carbocycles. The van der Waals surface area contributed by atoms with Crippen LogP contribution in [0.3, 0.4) is 0 Å². The van der Waals surface area contributed by atoms with Gasteiger partial charge in [0.15, 0.2) is 0 Å². The number of piperazine rings is 1. The maximum atomic E-state index is 13.2.